The van der Waals surface area contributed by atoms with Gasteiger partial charge >= 0.3 is 0 Å². The van der Waals surface area contributed by atoms with E-state index in [1.54, 1.807) is 24.3 Å². The molecule has 0 bridgehead atoms. The third-order valence-electron chi connectivity index (χ3n) is 4.28. The number of hydrogen-bond donors (Lipinski definition) is 0. The van der Waals surface area contributed by atoms with Crippen LogP contribution >= 0.6 is 0 Å². The first-order chi connectivity index (χ1) is 12.3. The standard InChI is InChI=1S/C22H22O4/c1-14(23)12-21(25)19-8-4-17(5-9-19)16(3)18-6-10-20(11-7-18)22(26)13-15(2)24/h4-11,16H,12-13H2,1-3H3. The molecule has 0 radical (unpaired) electrons. The Bertz CT molecular complexity index is 758. The summed E-state index contributed by atoms with van der Waals surface area (Å²) in [5.74, 6) is -0.558. The number of benzene rings is 2. The number of carbonyl (C=O) groups excluding carboxylic acids is 4. The minimum absolute atomic E-state index is 0.0787. The van der Waals surface area contributed by atoms with E-state index in [0.717, 1.165) is 11.1 Å². The Morgan fingerprint density at radius 1 is 0.654 bits per heavy atom. The van der Waals surface area contributed by atoms with Crippen molar-refractivity contribution in [1.82, 2.24) is 0 Å². The number of carbonyl (C=O) groups is 4. The van der Waals surface area contributed by atoms with Crippen LogP contribution in [0.3, 0.4) is 0 Å². The van der Waals surface area contributed by atoms with Crippen LogP contribution in [0, 0.1) is 0 Å². The van der Waals surface area contributed by atoms with Gasteiger partial charge in [0.15, 0.2) is 11.6 Å². The Morgan fingerprint density at radius 3 is 1.23 bits per heavy atom. The van der Waals surface area contributed by atoms with E-state index in [1.165, 1.54) is 13.8 Å². The van der Waals surface area contributed by atoms with Crippen molar-refractivity contribution in [2.24, 2.45) is 0 Å². The highest BCUT2D eigenvalue weighted by atomic mass is 16.2. The van der Waals surface area contributed by atoms with Gasteiger partial charge in [0, 0.05) is 17.0 Å². The normalized spacial score (nSPS) is 10.6. The maximum absolute atomic E-state index is 11.9. The first-order valence-corrected chi connectivity index (χ1v) is 8.53. The lowest BCUT2D eigenvalue weighted by Crippen LogP contribution is -2.06. The molecule has 0 aromatic heterocycles. The summed E-state index contributed by atoms with van der Waals surface area (Å²) < 4.78 is 0. The fourth-order valence-electron chi connectivity index (χ4n) is 2.76. The largest absolute Gasteiger partial charge is 0.300 e. The monoisotopic (exact) mass is 350 g/mol. The van der Waals surface area contributed by atoms with Gasteiger partial charge in [-0.15, -0.1) is 0 Å². The van der Waals surface area contributed by atoms with Crippen molar-refractivity contribution >= 4 is 23.1 Å². The van der Waals surface area contributed by atoms with Crippen molar-refractivity contribution in [3.8, 4) is 0 Å². The van der Waals surface area contributed by atoms with Gasteiger partial charge in [0.2, 0.25) is 0 Å². The zero-order valence-corrected chi connectivity index (χ0v) is 15.2. The van der Waals surface area contributed by atoms with Crippen LogP contribution in [0.25, 0.3) is 0 Å². The molecule has 0 aliphatic rings. The Hall–Kier alpha value is -2.88. The molecule has 2 aromatic carbocycles. The van der Waals surface area contributed by atoms with Crippen molar-refractivity contribution in [3.63, 3.8) is 0 Å². The quantitative estimate of drug-likeness (QED) is 0.529. The Labute approximate surface area is 153 Å². The fourth-order valence-corrected chi connectivity index (χ4v) is 2.76. The van der Waals surface area contributed by atoms with Gasteiger partial charge in [-0.25, -0.2) is 0 Å². The average Bonchev–Trinajstić information content (AvgIpc) is 2.60. The van der Waals surface area contributed by atoms with Crippen LogP contribution in [-0.2, 0) is 9.59 Å². The van der Waals surface area contributed by atoms with Crippen LogP contribution in [0.4, 0.5) is 0 Å². The van der Waals surface area contributed by atoms with Crippen LogP contribution in [0.1, 0.15) is 71.4 Å². The lowest BCUT2D eigenvalue weighted by molar-refractivity contribution is -0.117. The maximum atomic E-state index is 11.9. The average molecular weight is 350 g/mol. The Kier molecular flexibility index (Phi) is 6.34. The van der Waals surface area contributed by atoms with Crippen molar-refractivity contribution in [2.75, 3.05) is 0 Å². The Morgan fingerprint density at radius 2 is 0.962 bits per heavy atom. The van der Waals surface area contributed by atoms with Crippen LogP contribution in [-0.4, -0.2) is 23.1 Å². The van der Waals surface area contributed by atoms with E-state index < -0.39 is 0 Å². The van der Waals surface area contributed by atoms with Crippen LogP contribution < -0.4 is 0 Å². The van der Waals surface area contributed by atoms with Gasteiger partial charge in [-0.1, -0.05) is 55.5 Å². The molecule has 26 heavy (non-hydrogen) atoms. The second-order valence-electron chi connectivity index (χ2n) is 6.57. The van der Waals surface area contributed by atoms with E-state index in [4.69, 9.17) is 0 Å². The topological polar surface area (TPSA) is 68.3 Å². The molecule has 2 rings (SSSR count). The van der Waals surface area contributed by atoms with Crippen LogP contribution in [0.5, 0.6) is 0 Å². The minimum Gasteiger partial charge on any atom is -0.300 e. The fraction of sp³-hybridized carbons (Fsp3) is 0.273. The molecule has 0 aliphatic heterocycles. The predicted molar refractivity (Wildman–Crippen MR) is 99.7 cm³/mol. The minimum atomic E-state index is -0.176. The Balaban J connectivity index is 2.12. The zero-order chi connectivity index (χ0) is 19.3. The number of hydrogen-bond acceptors (Lipinski definition) is 4. The first kappa shape index (κ1) is 19.4. The molecule has 0 saturated carbocycles. The zero-order valence-electron chi connectivity index (χ0n) is 15.2. The molecule has 2 aromatic rings. The van der Waals surface area contributed by atoms with Gasteiger partial charge in [-0.2, -0.15) is 0 Å². The van der Waals surface area contributed by atoms with E-state index in [2.05, 4.69) is 0 Å². The molecule has 0 unspecified atom stereocenters. The molecule has 0 spiro atoms. The SMILES string of the molecule is CC(=O)CC(=O)c1ccc(C(C)c2ccc(C(=O)CC(C)=O)cc2)cc1. The number of ketones is 4. The molecule has 4 nitrogen and oxygen atoms in total. The number of rotatable bonds is 8. The lowest BCUT2D eigenvalue weighted by atomic mass is 9.91. The van der Waals surface area contributed by atoms with Crippen molar-refractivity contribution in [1.29, 1.82) is 0 Å². The third kappa shape index (κ3) is 5.06. The van der Waals surface area contributed by atoms with Gasteiger partial charge in [0.25, 0.3) is 0 Å². The third-order valence-corrected chi connectivity index (χ3v) is 4.28. The van der Waals surface area contributed by atoms with E-state index in [-0.39, 0.29) is 41.9 Å². The van der Waals surface area contributed by atoms with Gasteiger partial charge in [-0.3, -0.25) is 19.2 Å². The molecule has 0 saturated heterocycles. The van der Waals surface area contributed by atoms with E-state index in [0.29, 0.717) is 11.1 Å². The molecule has 0 atom stereocenters. The van der Waals surface area contributed by atoms with Gasteiger partial charge in [0.05, 0.1) is 12.8 Å². The smallest absolute Gasteiger partial charge is 0.170 e. The molecule has 0 aliphatic carbocycles. The summed E-state index contributed by atoms with van der Waals surface area (Å²) in [4.78, 5) is 45.9. The molecular weight excluding hydrogens is 328 g/mol. The van der Waals surface area contributed by atoms with Gasteiger partial charge in [-0.05, 0) is 25.0 Å². The highest BCUT2D eigenvalue weighted by Crippen LogP contribution is 2.25. The van der Waals surface area contributed by atoms with Crippen molar-refractivity contribution in [3.05, 3.63) is 70.8 Å². The summed E-state index contributed by atoms with van der Waals surface area (Å²) >= 11 is 0. The van der Waals surface area contributed by atoms with Crippen LogP contribution in [0.2, 0.25) is 0 Å². The molecule has 134 valence electrons. The summed E-state index contributed by atoms with van der Waals surface area (Å²) in [5, 5.41) is 0. The van der Waals surface area contributed by atoms with Gasteiger partial charge in [0.1, 0.15) is 11.6 Å². The second kappa shape index (κ2) is 8.48. The summed E-state index contributed by atoms with van der Waals surface area (Å²) in [5.41, 5.74) is 3.13. The molecule has 0 heterocycles. The maximum Gasteiger partial charge on any atom is 0.170 e. The predicted octanol–water partition coefficient (Wildman–Crippen LogP) is 4.16. The van der Waals surface area contributed by atoms with Crippen molar-refractivity contribution < 1.29 is 19.2 Å². The van der Waals surface area contributed by atoms with E-state index in [9.17, 15) is 19.2 Å². The van der Waals surface area contributed by atoms with E-state index >= 15 is 0 Å². The second-order valence-corrected chi connectivity index (χ2v) is 6.57. The number of Topliss-reactive ketones (excluding diaryl/α,β-unsaturated/α-hetero) is 4. The van der Waals surface area contributed by atoms with E-state index in [1.807, 2.05) is 31.2 Å². The van der Waals surface area contributed by atoms with Gasteiger partial charge < -0.3 is 0 Å². The van der Waals surface area contributed by atoms with Crippen LogP contribution in [0.15, 0.2) is 48.5 Å². The summed E-state index contributed by atoms with van der Waals surface area (Å²) in [6.07, 6.45) is -0.157. The summed E-state index contributed by atoms with van der Waals surface area (Å²) in [7, 11) is 0. The first-order valence-electron chi connectivity index (χ1n) is 8.53. The highest BCUT2D eigenvalue weighted by Gasteiger charge is 2.13. The van der Waals surface area contributed by atoms with Crippen molar-refractivity contribution in [2.45, 2.75) is 39.5 Å². The molecule has 0 N–H and O–H groups in total. The molecule has 0 fully saturated rings. The molecule has 4 heteroatoms. The molecular formula is C22H22O4. The molecule has 0 amide bonds. The summed E-state index contributed by atoms with van der Waals surface area (Å²) in [6, 6.07) is 14.5. The lowest BCUT2D eigenvalue weighted by Gasteiger charge is -2.13. The highest BCUT2D eigenvalue weighted by molar-refractivity contribution is 6.07. The summed E-state index contributed by atoms with van der Waals surface area (Å²) in [6.45, 7) is 4.84.